The second-order valence-electron chi connectivity index (χ2n) is 5.54. The van der Waals surface area contributed by atoms with Crippen LogP contribution >= 0.6 is 0 Å². The molecule has 1 N–H and O–H groups in total. The van der Waals surface area contributed by atoms with Gasteiger partial charge in [-0.1, -0.05) is 30.3 Å². The Morgan fingerprint density at radius 2 is 2.00 bits per heavy atom. The van der Waals surface area contributed by atoms with Crippen molar-refractivity contribution < 1.29 is 44.3 Å². The minimum Gasteiger partial charge on any atom is -0.550 e. The summed E-state index contributed by atoms with van der Waals surface area (Å²) in [6, 6.07) is 8.42. The van der Waals surface area contributed by atoms with Crippen molar-refractivity contribution in [2.75, 3.05) is 5.32 Å². The summed E-state index contributed by atoms with van der Waals surface area (Å²) in [5.41, 5.74) is 3.84. The van der Waals surface area contributed by atoms with Crippen LogP contribution in [0.25, 0.3) is 0 Å². The third kappa shape index (κ3) is 3.45. The van der Waals surface area contributed by atoms with Crippen molar-refractivity contribution in [1.82, 2.24) is 4.57 Å². The molecule has 0 fully saturated rings. The number of aliphatic carboxylic acids is 1. The third-order valence-electron chi connectivity index (χ3n) is 3.97. The number of nitrogens with one attached hydrogen (secondary N) is 1. The summed E-state index contributed by atoms with van der Waals surface area (Å²) < 4.78 is 1.91. The van der Waals surface area contributed by atoms with Crippen molar-refractivity contribution in [2.45, 2.75) is 19.4 Å². The van der Waals surface area contributed by atoms with Crippen molar-refractivity contribution in [1.29, 1.82) is 0 Å². The van der Waals surface area contributed by atoms with Crippen molar-refractivity contribution >= 4 is 23.3 Å². The minimum absolute atomic E-state index is 0. The van der Waals surface area contributed by atoms with E-state index in [0.29, 0.717) is 11.4 Å². The number of carboxylic acid groups (broad SMARTS) is 1. The maximum absolute atomic E-state index is 12.3. The standard InChI is InChI=1S/C17H17N3O3.Na/c1-10-15-13(9-20(10)2)19-17(23)12(8-14(21)22)18-16(15)11-6-4-3-5-7-11;/h3-7,9,12H,8H2,1-2H3,(H,19,23)(H,21,22);/q;+1/p-1/t12-;/m0./s1. The molecule has 24 heavy (non-hydrogen) atoms. The Bertz CT molecular complexity index is 812. The number of hydrogen-bond acceptors (Lipinski definition) is 4. The molecule has 3 rings (SSSR count). The fourth-order valence-corrected chi connectivity index (χ4v) is 2.73. The van der Waals surface area contributed by atoms with Gasteiger partial charge in [-0.3, -0.25) is 9.79 Å². The molecule has 0 aliphatic carbocycles. The molecule has 0 saturated carbocycles. The summed E-state index contributed by atoms with van der Waals surface area (Å²) in [7, 11) is 1.89. The quantitative estimate of drug-likeness (QED) is 0.638. The summed E-state index contributed by atoms with van der Waals surface area (Å²) >= 11 is 0. The van der Waals surface area contributed by atoms with Crippen molar-refractivity contribution in [2.24, 2.45) is 12.0 Å². The Morgan fingerprint density at radius 1 is 1.33 bits per heavy atom. The zero-order valence-corrected chi connectivity index (χ0v) is 15.9. The van der Waals surface area contributed by atoms with Crippen LogP contribution in [0, 0.1) is 6.92 Å². The largest absolute Gasteiger partial charge is 1.00 e. The third-order valence-corrected chi connectivity index (χ3v) is 3.97. The predicted octanol–water partition coefficient (Wildman–Crippen LogP) is -2.36. The molecule has 1 aliphatic heterocycles. The van der Waals surface area contributed by atoms with E-state index in [1.165, 1.54) is 0 Å². The average Bonchev–Trinajstić information content (AvgIpc) is 2.71. The van der Waals surface area contributed by atoms with Gasteiger partial charge in [0.2, 0.25) is 5.91 Å². The SMILES string of the molecule is Cc1c2c(cn1C)NC(=O)[C@H](CC(=O)[O-])N=C2c1ccccc1.[Na+]. The van der Waals surface area contributed by atoms with E-state index in [9.17, 15) is 14.7 Å². The minimum atomic E-state index is -1.30. The number of hydrogen-bond donors (Lipinski definition) is 1. The van der Waals surface area contributed by atoms with E-state index in [2.05, 4.69) is 10.3 Å². The summed E-state index contributed by atoms with van der Waals surface area (Å²) in [6.07, 6.45) is 1.36. The maximum Gasteiger partial charge on any atom is 1.00 e. The van der Waals surface area contributed by atoms with E-state index in [4.69, 9.17) is 0 Å². The second-order valence-corrected chi connectivity index (χ2v) is 5.54. The Labute approximate surface area is 161 Å². The van der Waals surface area contributed by atoms with Crippen molar-refractivity contribution in [3.05, 3.63) is 53.3 Å². The Balaban J connectivity index is 0.00000208. The monoisotopic (exact) mass is 333 g/mol. The molecule has 1 atom stereocenters. The molecule has 1 amide bonds. The normalized spacial score (nSPS) is 16.3. The molecule has 1 aromatic heterocycles. The number of carbonyl (C=O) groups excluding carboxylic acids is 2. The van der Waals surface area contributed by atoms with Crippen LogP contribution in [0.15, 0.2) is 41.5 Å². The molecule has 2 heterocycles. The number of fused-ring (bicyclic) bond motifs is 1. The van der Waals surface area contributed by atoms with Gasteiger partial charge >= 0.3 is 29.6 Å². The number of nitrogens with zero attached hydrogens (tertiary/aromatic N) is 2. The smallest absolute Gasteiger partial charge is 0.550 e. The second kappa shape index (κ2) is 7.34. The van der Waals surface area contributed by atoms with Gasteiger partial charge in [-0.25, -0.2) is 0 Å². The van der Waals surface area contributed by atoms with Gasteiger partial charge in [0.25, 0.3) is 0 Å². The predicted molar refractivity (Wildman–Crippen MR) is 84.3 cm³/mol. The first kappa shape index (κ1) is 18.4. The fraction of sp³-hybridized carbons (Fsp3) is 0.235. The van der Waals surface area contributed by atoms with Gasteiger partial charge in [-0.05, 0) is 6.92 Å². The van der Waals surface area contributed by atoms with Gasteiger partial charge < -0.3 is 19.8 Å². The van der Waals surface area contributed by atoms with Crippen molar-refractivity contribution in [3.63, 3.8) is 0 Å². The molecular weight excluding hydrogens is 317 g/mol. The topological polar surface area (TPSA) is 86.5 Å². The number of anilines is 1. The van der Waals surface area contributed by atoms with Gasteiger partial charge in [0, 0.05) is 42.5 Å². The van der Waals surface area contributed by atoms with Crippen molar-refractivity contribution in [3.8, 4) is 0 Å². The fourth-order valence-electron chi connectivity index (χ4n) is 2.73. The molecule has 0 bridgehead atoms. The van der Waals surface area contributed by atoms with E-state index in [1.807, 2.05) is 55.1 Å². The summed E-state index contributed by atoms with van der Waals surface area (Å²) in [4.78, 5) is 27.7. The molecule has 0 unspecified atom stereocenters. The number of carbonyl (C=O) groups is 2. The first-order chi connectivity index (χ1) is 11.0. The number of aryl methyl sites for hydroxylation is 1. The van der Waals surface area contributed by atoms with Crippen LogP contribution in [0.4, 0.5) is 5.69 Å². The Hall–Kier alpha value is -1.89. The van der Waals surface area contributed by atoms with Crippen LogP contribution in [0.5, 0.6) is 0 Å². The Kier molecular flexibility index (Phi) is 5.64. The molecule has 118 valence electrons. The molecule has 1 aromatic carbocycles. The first-order valence-corrected chi connectivity index (χ1v) is 7.27. The van der Waals surface area contributed by atoms with Crippen LogP contribution in [0.2, 0.25) is 0 Å². The van der Waals surface area contributed by atoms with E-state index in [0.717, 1.165) is 16.8 Å². The summed E-state index contributed by atoms with van der Waals surface area (Å²) in [5.74, 6) is -1.74. The van der Waals surface area contributed by atoms with E-state index in [-0.39, 0.29) is 29.6 Å². The number of amides is 1. The van der Waals surface area contributed by atoms with Crippen LogP contribution in [-0.4, -0.2) is 28.2 Å². The summed E-state index contributed by atoms with van der Waals surface area (Å²) in [6.45, 7) is 1.93. The molecule has 7 heteroatoms. The number of rotatable bonds is 3. The van der Waals surface area contributed by atoms with E-state index in [1.54, 1.807) is 0 Å². The van der Waals surface area contributed by atoms with Crippen LogP contribution in [-0.2, 0) is 16.6 Å². The van der Waals surface area contributed by atoms with Gasteiger partial charge in [-0.15, -0.1) is 0 Å². The first-order valence-electron chi connectivity index (χ1n) is 7.27. The average molecular weight is 333 g/mol. The Morgan fingerprint density at radius 3 is 2.62 bits per heavy atom. The zero-order chi connectivity index (χ0) is 16.6. The van der Waals surface area contributed by atoms with Gasteiger partial charge in [-0.2, -0.15) is 0 Å². The van der Waals surface area contributed by atoms with E-state index < -0.39 is 24.3 Å². The molecule has 0 spiro atoms. The van der Waals surface area contributed by atoms with Crippen LogP contribution in [0.1, 0.15) is 23.2 Å². The van der Waals surface area contributed by atoms with Crippen LogP contribution < -0.4 is 40.0 Å². The van der Waals surface area contributed by atoms with E-state index >= 15 is 0 Å². The molecular formula is C17H16N3NaO3. The zero-order valence-electron chi connectivity index (χ0n) is 13.9. The van der Waals surface area contributed by atoms with Crippen LogP contribution in [0.3, 0.4) is 0 Å². The van der Waals surface area contributed by atoms with Gasteiger partial charge in [0.1, 0.15) is 6.04 Å². The molecule has 2 aromatic rings. The molecule has 0 saturated heterocycles. The molecule has 0 radical (unpaired) electrons. The maximum atomic E-state index is 12.3. The molecule has 1 aliphatic rings. The number of carboxylic acids is 1. The molecule has 6 nitrogen and oxygen atoms in total. The number of aliphatic imine (C=N–C) groups is 1. The van der Waals surface area contributed by atoms with Gasteiger partial charge in [0.15, 0.2) is 0 Å². The number of aromatic nitrogens is 1. The summed E-state index contributed by atoms with van der Waals surface area (Å²) in [5, 5.41) is 13.7. The number of benzene rings is 1. The van der Waals surface area contributed by atoms with Gasteiger partial charge in [0.05, 0.1) is 11.4 Å².